The molecular weight excluding hydrogens is 256 g/mol. The zero-order valence-electron chi connectivity index (χ0n) is 11.9. The smallest absolute Gasteiger partial charge is 0.190 e. The molecule has 0 radical (unpaired) electrons. The highest BCUT2D eigenvalue weighted by molar-refractivity contribution is 5.95. The lowest BCUT2D eigenvalue weighted by Crippen LogP contribution is -2.14. The van der Waals surface area contributed by atoms with E-state index in [1.165, 1.54) is 6.33 Å². The van der Waals surface area contributed by atoms with E-state index in [-0.39, 0.29) is 12.2 Å². The maximum atomic E-state index is 12.2. The highest BCUT2D eigenvalue weighted by Crippen LogP contribution is 2.06. The molecule has 0 bridgehead atoms. The van der Waals surface area contributed by atoms with Crippen molar-refractivity contribution in [1.29, 1.82) is 0 Å². The molecular formula is C13H20N6O. The molecule has 0 saturated heterocycles. The van der Waals surface area contributed by atoms with Gasteiger partial charge in [0.2, 0.25) is 0 Å². The van der Waals surface area contributed by atoms with Gasteiger partial charge in [-0.25, -0.2) is 14.6 Å². The summed E-state index contributed by atoms with van der Waals surface area (Å²) < 4.78 is 3.59. The van der Waals surface area contributed by atoms with E-state index in [9.17, 15) is 4.79 Å². The molecule has 2 aromatic rings. The first kappa shape index (κ1) is 14.4. The molecule has 0 amide bonds. The number of aromatic nitrogens is 5. The zero-order chi connectivity index (χ0) is 14.5. The number of rotatable bonds is 7. The lowest BCUT2D eigenvalue weighted by molar-refractivity contribution is 0.0984. The van der Waals surface area contributed by atoms with Gasteiger partial charge in [-0.2, -0.15) is 5.10 Å². The summed E-state index contributed by atoms with van der Waals surface area (Å²) in [6, 6.07) is 0. The van der Waals surface area contributed by atoms with Crippen molar-refractivity contribution in [3.05, 3.63) is 30.4 Å². The molecule has 2 N–H and O–H groups in total. The molecule has 0 saturated carbocycles. The van der Waals surface area contributed by atoms with Crippen molar-refractivity contribution < 1.29 is 4.79 Å². The highest BCUT2D eigenvalue weighted by Gasteiger charge is 2.15. The summed E-state index contributed by atoms with van der Waals surface area (Å²) >= 11 is 0. The SMILES string of the molecule is CC(C)Cn1ncnc1CC(=O)c1cn(CCN)cn1. The van der Waals surface area contributed by atoms with Crippen LogP contribution in [-0.4, -0.2) is 36.6 Å². The van der Waals surface area contributed by atoms with Crippen LogP contribution in [0.4, 0.5) is 0 Å². The summed E-state index contributed by atoms with van der Waals surface area (Å²) in [5, 5.41) is 4.15. The average Bonchev–Trinajstić information content (AvgIpc) is 2.99. The summed E-state index contributed by atoms with van der Waals surface area (Å²) in [4.78, 5) is 20.4. The second kappa shape index (κ2) is 6.42. The van der Waals surface area contributed by atoms with Crippen molar-refractivity contribution in [2.75, 3.05) is 6.54 Å². The van der Waals surface area contributed by atoms with E-state index < -0.39 is 0 Å². The Morgan fingerprint density at radius 3 is 2.90 bits per heavy atom. The lowest BCUT2D eigenvalue weighted by atomic mass is 10.2. The minimum Gasteiger partial charge on any atom is -0.335 e. The van der Waals surface area contributed by atoms with Crippen LogP contribution in [-0.2, 0) is 19.5 Å². The topological polar surface area (TPSA) is 91.6 Å². The predicted molar refractivity (Wildman–Crippen MR) is 74.2 cm³/mol. The monoisotopic (exact) mass is 276 g/mol. The van der Waals surface area contributed by atoms with Crippen LogP contribution in [0.1, 0.15) is 30.2 Å². The number of Topliss-reactive ketones (excluding diaryl/α,β-unsaturated/α-hetero) is 1. The van der Waals surface area contributed by atoms with Gasteiger partial charge in [0.15, 0.2) is 5.78 Å². The van der Waals surface area contributed by atoms with Crippen molar-refractivity contribution in [2.45, 2.75) is 33.4 Å². The van der Waals surface area contributed by atoms with Crippen LogP contribution >= 0.6 is 0 Å². The van der Waals surface area contributed by atoms with E-state index in [1.807, 2.05) is 4.57 Å². The van der Waals surface area contributed by atoms with Gasteiger partial charge in [-0.05, 0) is 5.92 Å². The largest absolute Gasteiger partial charge is 0.335 e. The van der Waals surface area contributed by atoms with Crippen molar-refractivity contribution >= 4 is 5.78 Å². The number of nitrogens with two attached hydrogens (primary N) is 1. The van der Waals surface area contributed by atoms with Crippen LogP contribution in [0, 0.1) is 5.92 Å². The van der Waals surface area contributed by atoms with E-state index in [1.54, 1.807) is 17.2 Å². The second-order valence-electron chi connectivity index (χ2n) is 5.14. The third-order valence-corrected chi connectivity index (χ3v) is 2.86. The van der Waals surface area contributed by atoms with Crippen molar-refractivity contribution in [3.63, 3.8) is 0 Å². The van der Waals surface area contributed by atoms with E-state index in [0.717, 1.165) is 6.54 Å². The van der Waals surface area contributed by atoms with Gasteiger partial charge in [0.1, 0.15) is 17.8 Å². The Hall–Kier alpha value is -2.02. The van der Waals surface area contributed by atoms with E-state index in [2.05, 4.69) is 28.9 Å². The Balaban J connectivity index is 2.05. The number of ketones is 1. The molecule has 0 spiro atoms. The Morgan fingerprint density at radius 1 is 1.40 bits per heavy atom. The fraction of sp³-hybridized carbons (Fsp3) is 0.538. The van der Waals surface area contributed by atoms with E-state index >= 15 is 0 Å². The molecule has 7 heteroatoms. The highest BCUT2D eigenvalue weighted by atomic mass is 16.1. The molecule has 0 atom stereocenters. The van der Waals surface area contributed by atoms with Crippen LogP contribution in [0.25, 0.3) is 0 Å². The molecule has 0 aliphatic heterocycles. The summed E-state index contributed by atoms with van der Waals surface area (Å²) in [6.45, 7) is 6.13. The van der Waals surface area contributed by atoms with Gasteiger partial charge in [0.25, 0.3) is 0 Å². The summed E-state index contributed by atoms with van der Waals surface area (Å²) in [6.07, 6.45) is 5.04. The van der Waals surface area contributed by atoms with Gasteiger partial charge >= 0.3 is 0 Å². The third kappa shape index (κ3) is 3.51. The number of carbonyl (C=O) groups is 1. The number of carbonyl (C=O) groups excluding carboxylic acids is 1. The first-order chi connectivity index (χ1) is 9.60. The first-order valence-electron chi connectivity index (χ1n) is 6.72. The van der Waals surface area contributed by atoms with Gasteiger partial charge in [0.05, 0.1) is 12.7 Å². The minimum atomic E-state index is -0.0567. The summed E-state index contributed by atoms with van der Waals surface area (Å²) in [5.74, 6) is 1.07. The quantitative estimate of drug-likeness (QED) is 0.744. The average molecular weight is 276 g/mol. The molecule has 0 aliphatic rings. The van der Waals surface area contributed by atoms with Gasteiger partial charge in [0, 0.05) is 25.8 Å². The fourth-order valence-corrected chi connectivity index (χ4v) is 1.93. The molecule has 0 aromatic carbocycles. The van der Waals surface area contributed by atoms with Crippen LogP contribution < -0.4 is 5.73 Å². The Labute approximate surface area is 117 Å². The van der Waals surface area contributed by atoms with E-state index in [0.29, 0.717) is 30.5 Å². The molecule has 7 nitrogen and oxygen atoms in total. The standard InChI is InChI=1S/C13H20N6O/c1-10(2)6-19-13(15-8-17-19)5-12(20)11-7-18(4-3-14)9-16-11/h7-10H,3-6,14H2,1-2H3. The number of hydrogen-bond acceptors (Lipinski definition) is 5. The van der Waals surface area contributed by atoms with Gasteiger partial charge in [-0.3, -0.25) is 4.79 Å². The molecule has 0 fully saturated rings. The predicted octanol–water partition coefficient (Wildman–Crippen LogP) is 0.515. The minimum absolute atomic E-state index is 0.0567. The van der Waals surface area contributed by atoms with Crippen LogP contribution in [0.2, 0.25) is 0 Å². The summed E-state index contributed by atoms with van der Waals surface area (Å²) in [7, 11) is 0. The van der Waals surface area contributed by atoms with Crippen LogP contribution in [0.5, 0.6) is 0 Å². The maximum Gasteiger partial charge on any atom is 0.190 e. The first-order valence-corrected chi connectivity index (χ1v) is 6.72. The van der Waals surface area contributed by atoms with Crippen molar-refractivity contribution in [3.8, 4) is 0 Å². The summed E-state index contributed by atoms with van der Waals surface area (Å²) in [5.41, 5.74) is 5.91. The van der Waals surface area contributed by atoms with E-state index in [4.69, 9.17) is 5.73 Å². The van der Waals surface area contributed by atoms with Crippen molar-refractivity contribution in [1.82, 2.24) is 24.3 Å². The third-order valence-electron chi connectivity index (χ3n) is 2.86. The zero-order valence-corrected chi connectivity index (χ0v) is 11.9. The molecule has 0 aliphatic carbocycles. The van der Waals surface area contributed by atoms with Gasteiger partial charge < -0.3 is 10.3 Å². The Bertz CT molecular complexity index is 571. The number of hydrogen-bond donors (Lipinski definition) is 1. The number of nitrogens with zero attached hydrogens (tertiary/aromatic N) is 5. The van der Waals surface area contributed by atoms with Gasteiger partial charge in [-0.1, -0.05) is 13.8 Å². The molecule has 2 heterocycles. The normalized spacial score (nSPS) is 11.2. The molecule has 2 rings (SSSR count). The second-order valence-corrected chi connectivity index (χ2v) is 5.14. The molecule has 0 unspecified atom stereocenters. The number of imidazole rings is 1. The maximum absolute atomic E-state index is 12.2. The molecule has 2 aromatic heterocycles. The Kier molecular flexibility index (Phi) is 4.62. The van der Waals surface area contributed by atoms with Gasteiger partial charge in [-0.15, -0.1) is 0 Å². The van der Waals surface area contributed by atoms with Crippen molar-refractivity contribution in [2.24, 2.45) is 11.7 Å². The molecule has 108 valence electrons. The Morgan fingerprint density at radius 2 is 2.20 bits per heavy atom. The van der Waals surface area contributed by atoms with Crippen LogP contribution in [0.3, 0.4) is 0 Å². The molecule has 20 heavy (non-hydrogen) atoms. The van der Waals surface area contributed by atoms with Crippen LogP contribution in [0.15, 0.2) is 18.9 Å². The lowest BCUT2D eigenvalue weighted by Gasteiger charge is -2.07. The fourth-order valence-electron chi connectivity index (χ4n) is 1.93.